The van der Waals surface area contributed by atoms with E-state index in [-0.39, 0.29) is 0 Å². The van der Waals surface area contributed by atoms with Crippen LogP contribution in [0.1, 0.15) is 5.56 Å². The van der Waals surface area contributed by atoms with Crippen molar-refractivity contribution in [1.82, 2.24) is 4.90 Å². The van der Waals surface area contributed by atoms with E-state index in [4.69, 9.17) is 16.3 Å². The smallest absolute Gasteiger partial charge is 0.119 e. The lowest BCUT2D eigenvalue weighted by Gasteiger charge is -2.17. The first-order valence-corrected chi connectivity index (χ1v) is 7.62. The summed E-state index contributed by atoms with van der Waals surface area (Å²) in [5.74, 6) is 0.888. The average Bonchev–Trinajstić information content (AvgIpc) is 2.44. The van der Waals surface area contributed by atoms with Gasteiger partial charge in [-0.05, 0) is 42.9 Å². The van der Waals surface area contributed by atoms with E-state index < -0.39 is 0 Å². The van der Waals surface area contributed by atoms with E-state index in [0.29, 0.717) is 6.61 Å². The first-order chi connectivity index (χ1) is 9.65. The third kappa shape index (κ3) is 4.82. The maximum absolute atomic E-state index is 6.15. The quantitative estimate of drug-likeness (QED) is 0.751. The van der Waals surface area contributed by atoms with Crippen molar-refractivity contribution in [2.24, 2.45) is 0 Å². The number of halogens is 2. The summed E-state index contributed by atoms with van der Waals surface area (Å²) >= 11 is 9.56. The lowest BCUT2D eigenvalue weighted by atomic mass is 10.2. The van der Waals surface area contributed by atoms with Gasteiger partial charge in [-0.15, -0.1) is 0 Å². The van der Waals surface area contributed by atoms with Gasteiger partial charge in [0.25, 0.3) is 0 Å². The second-order valence-corrected chi connectivity index (χ2v) is 5.95. The van der Waals surface area contributed by atoms with Gasteiger partial charge in [-0.2, -0.15) is 0 Å². The van der Waals surface area contributed by atoms with E-state index >= 15 is 0 Å². The number of benzene rings is 2. The van der Waals surface area contributed by atoms with Crippen molar-refractivity contribution >= 4 is 27.5 Å². The van der Waals surface area contributed by atoms with Gasteiger partial charge >= 0.3 is 0 Å². The monoisotopic (exact) mass is 353 g/mol. The van der Waals surface area contributed by atoms with E-state index in [1.165, 1.54) is 0 Å². The fraction of sp³-hybridized carbons (Fsp3) is 0.250. The predicted molar refractivity (Wildman–Crippen MR) is 87.4 cm³/mol. The van der Waals surface area contributed by atoms with Gasteiger partial charge in [-0.25, -0.2) is 0 Å². The van der Waals surface area contributed by atoms with Crippen molar-refractivity contribution in [2.75, 3.05) is 20.2 Å². The van der Waals surface area contributed by atoms with Gasteiger partial charge in [-0.3, -0.25) is 4.90 Å². The summed E-state index contributed by atoms with van der Waals surface area (Å²) in [5.41, 5.74) is 1.14. The van der Waals surface area contributed by atoms with E-state index in [0.717, 1.165) is 33.9 Å². The summed E-state index contributed by atoms with van der Waals surface area (Å²) in [6.07, 6.45) is 0. The summed E-state index contributed by atoms with van der Waals surface area (Å²) in [4.78, 5) is 2.19. The van der Waals surface area contributed by atoms with Crippen LogP contribution in [0.2, 0.25) is 5.02 Å². The Morgan fingerprint density at radius 3 is 2.50 bits per heavy atom. The van der Waals surface area contributed by atoms with Crippen molar-refractivity contribution in [3.8, 4) is 5.75 Å². The zero-order valence-electron chi connectivity index (χ0n) is 11.4. The van der Waals surface area contributed by atoms with Crippen LogP contribution >= 0.6 is 27.5 Å². The van der Waals surface area contributed by atoms with E-state index in [2.05, 4.69) is 33.9 Å². The van der Waals surface area contributed by atoms with Crippen LogP contribution in [0.3, 0.4) is 0 Å². The first-order valence-electron chi connectivity index (χ1n) is 6.45. The third-order valence-electron chi connectivity index (χ3n) is 2.95. The molecule has 0 spiro atoms. The van der Waals surface area contributed by atoms with Crippen molar-refractivity contribution in [3.63, 3.8) is 0 Å². The summed E-state index contributed by atoms with van der Waals surface area (Å²) in [6, 6.07) is 15.8. The molecule has 2 aromatic carbocycles. The highest BCUT2D eigenvalue weighted by molar-refractivity contribution is 9.10. The minimum atomic E-state index is 0.655. The van der Waals surface area contributed by atoms with Crippen molar-refractivity contribution in [3.05, 3.63) is 63.6 Å². The average molecular weight is 355 g/mol. The van der Waals surface area contributed by atoms with Gasteiger partial charge in [-0.1, -0.05) is 45.7 Å². The Kier molecular flexibility index (Phi) is 5.89. The highest BCUT2D eigenvalue weighted by atomic mass is 79.9. The highest BCUT2D eigenvalue weighted by Crippen LogP contribution is 2.17. The molecule has 0 saturated carbocycles. The Morgan fingerprint density at radius 1 is 1.10 bits per heavy atom. The number of hydrogen-bond acceptors (Lipinski definition) is 2. The Balaban J connectivity index is 1.76. The van der Waals surface area contributed by atoms with Gasteiger partial charge in [0.2, 0.25) is 0 Å². The summed E-state index contributed by atoms with van der Waals surface area (Å²) < 4.78 is 6.76. The lowest BCUT2D eigenvalue weighted by Crippen LogP contribution is -2.24. The van der Waals surface area contributed by atoms with Gasteiger partial charge in [0, 0.05) is 22.6 Å². The normalized spacial score (nSPS) is 10.8. The Morgan fingerprint density at radius 2 is 1.80 bits per heavy atom. The van der Waals surface area contributed by atoms with Gasteiger partial charge in [0.15, 0.2) is 0 Å². The second-order valence-electron chi connectivity index (χ2n) is 4.63. The number of nitrogens with zero attached hydrogens (tertiary/aromatic N) is 1. The molecule has 0 aromatic heterocycles. The first kappa shape index (κ1) is 15.4. The molecule has 0 saturated heterocycles. The van der Waals surface area contributed by atoms with Gasteiger partial charge in [0.05, 0.1) is 0 Å². The summed E-state index contributed by atoms with van der Waals surface area (Å²) in [5, 5.41) is 0.813. The van der Waals surface area contributed by atoms with Crippen LogP contribution < -0.4 is 4.74 Å². The molecule has 0 unspecified atom stereocenters. The molecule has 0 radical (unpaired) electrons. The molecule has 0 bridgehead atoms. The fourth-order valence-electron chi connectivity index (χ4n) is 1.85. The van der Waals surface area contributed by atoms with E-state index in [9.17, 15) is 0 Å². The molecule has 0 heterocycles. The molecule has 0 aliphatic carbocycles. The lowest BCUT2D eigenvalue weighted by molar-refractivity contribution is 0.233. The number of ether oxygens (including phenoxy) is 1. The molecule has 0 N–H and O–H groups in total. The van der Waals surface area contributed by atoms with Crippen LogP contribution in [-0.4, -0.2) is 25.1 Å². The molecule has 106 valence electrons. The highest BCUT2D eigenvalue weighted by Gasteiger charge is 2.04. The SMILES string of the molecule is CN(CCOc1ccc(Br)cc1)Cc1ccccc1Cl. The third-order valence-corrected chi connectivity index (χ3v) is 3.85. The van der Waals surface area contributed by atoms with Crippen LogP contribution in [0.15, 0.2) is 53.0 Å². The molecule has 2 nitrogen and oxygen atoms in total. The molecule has 20 heavy (non-hydrogen) atoms. The Bertz CT molecular complexity index is 544. The van der Waals surface area contributed by atoms with Crippen molar-refractivity contribution in [2.45, 2.75) is 6.54 Å². The fourth-order valence-corrected chi connectivity index (χ4v) is 2.31. The Labute approximate surface area is 133 Å². The van der Waals surface area contributed by atoms with Gasteiger partial charge < -0.3 is 4.74 Å². The van der Waals surface area contributed by atoms with Crippen molar-refractivity contribution < 1.29 is 4.74 Å². The maximum atomic E-state index is 6.15. The molecule has 2 aromatic rings. The molecule has 2 rings (SSSR count). The maximum Gasteiger partial charge on any atom is 0.119 e. The van der Waals surface area contributed by atoms with Gasteiger partial charge in [0.1, 0.15) is 12.4 Å². The summed E-state index contributed by atoms with van der Waals surface area (Å²) in [6.45, 7) is 2.33. The summed E-state index contributed by atoms with van der Waals surface area (Å²) in [7, 11) is 2.06. The van der Waals surface area contributed by atoms with Crippen LogP contribution in [0.4, 0.5) is 0 Å². The van der Waals surface area contributed by atoms with Crippen LogP contribution in [-0.2, 0) is 6.54 Å². The van der Waals surface area contributed by atoms with E-state index in [1.54, 1.807) is 0 Å². The van der Waals surface area contributed by atoms with Crippen LogP contribution in [0.5, 0.6) is 5.75 Å². The molecular weight excluding hydrogens is 338 g/mol. The largest absolute Gasteiger partial charge is 0.492 e. The number of likely N-dealkylation sites (N-methyl/N-ethyl adjacent to an activating group) is 1. The predicted octanol–water partition coefficient (Wildman–Crippen LogP) is 4.61. The van der Waals surface area contributed by atoms with Crippen LogP contribution in [0.25, 0.3) is 0 Å². The molecule has 0 atom stereocenters. The minimum Gasteiger partial charge on any atom is -0.492 e. The Hall–Kier alpha value is -1.03. The van der Waals surface area contributed by atoms with Crippen molar-refractivity contribution in [1.29, 1.82) is 0 Å². The minimum absolute atomic E-state index is 0.655. The molecule has 4 heteroatoms. The molecule has 0 fully saturated rings. The zero-order chi connectivity index (χ0) is 14.4. The van der Waals surface area contributed by atoms with Crippen LogP contribution in [0, 0.1) is 0 Å². The molecule has 0 aliphatic rings. The zero-order valence-corrected chi connectivity index (χ0v) is 13.7. The van der Waals surface area contributed by atoms with E-state index in [1.807, 2.05) is 42.5 Å². The number of hydrogen-bond donors (Lipinski definition) is 0. The molecule has 0 amide bonds. The number of rotatable bonds is 6. The molecular formula is C16H17BrClNO. The topological polar surface area (TPSA) is 12.5 Å². The molecule has 0 aliphatic heterocycles. The second kappa shape index (κ2) is 7.67. The standard InChI is InChI=1S/C16H17BrClNO/c1-19(12-13-4-2-3-5-16(13)18)10-11-20-15-8-6-14(17)7-9-15/h2-9H,10-12H2,1H3.